The summed E-state index contributed by atoms with van der Waals surface area (Å²) < 4.78 is 11.4. The number of para-hydroxylation sites is 1. The van der Waals surface area contributed by atoms with Crippen LogP contribution in [0.2, 0.25) is 0 Å². The van der Waals surface area contributed by atoms with E-state index in [1.165, 1.54) is 16.2 Å². The zero-order valence-corrected chi connectivity index (χ0v) is 17.3. The van der Waals surface area contributed by atoms with Crippen LogP contribution in [-0.4, -0.2) is 35.9 Å². The van der Waals surface area contributed by atoms with Gasteiger partial charge >= 0.3 is 5.97 Å². The Labute approximate surface area is 173 Å². The molecule has 1 heterocycles. The highest BCUT2D eigenvalue weighted by Gasteiger charge is 2.28. The third-order valence-electron chi connectivity index (χ3n) is 4.14. The average Bonchev–Trinajstić information content (AvgIpc) is 3.15. The van der Waals surface area contributed by atoms with Crippen LogP contribution in [0.3, 0.4) is 0 Å². The third-order valence-corrected chi connectivity index (χ3v) is 4.96. The van der Waals surface area contributed by atoms with E-state index in [-0.39, 0.29) is 18.1 Å². The van der Waals surface area contributed by atoms with Crippen LogP contribution in [0.5, 0.6) is 5.75 Å². The van der Waals surface area contributed by atoms with Gasteiger partial charge in [-0.05, 0) is 19.1 Å². The first kappa shape index (κ1) is 20.5. The SMILES string of the molecule is Cc1nc(COc2ccccc2C(=O)O[C@H](C(=O)N(C)C)c2ccccc2)cs1. The monoisotopic (exact) mass is 410 g/mol. The topological polar surface area (TPSA) is 68.7 Å². The molecule has 0 bridgehead atoms. The van der Waals surface area contributed by atoms with Crippen LogP contribution in [-0.2, 0) is 16.1 Å². The number of ether oxygens (including phenoxy) is 2. The molecule has 0 radical (unpaired) electrons. The smallest absolute Gasteiger partial charge is 0.343 e. The first-order chi connectivity index (χ1) is 14.0. The van der Waals surface area contributed by atoms with Crippen molar-refractivity contribution in [1.29, 1.82) is 0 Å². The van der Waals surface area contributed by atoms with Gasteiger partial charge in [0.1, 0.15) is 17.9 Å². The molecule has 0 N–H and O–H groups in total. The van der Waals surface area contributed by atoms with Gasteiger partial charge in [0.25, 0.3) is 5.91 Å². The second-order valence-electron chi connectivity index (χ2n) is 6.57. The molecule has 1 atom stereocenters. The molecule has 1 amide bonds. The van der Waals surface area contributed by atoms with Gasteiger partial charge in [0.05, 0.1) is 10.7 Å². The fourth-order valence-electron chi connectivity index (χ4n) is 2.68. The van der Waals surface area contributed by atoms with Crippen molar-refractivity contribution in [3.05, 3.63) is 81.8 Å². The lowest BCUT2D eigenvalue weighted by molar-refractivity contribution is -0.138. The van der Waals surface area contributed by atoms with Crippen LogP contribution in [0.15, 0.2) is 60.0 Å². The molecule has 3 rings (SSSR count). The molecule has 0 spiro atoms. The lowest BCUT2D eigenvalue weighted by Gasteiger charge is -2.21. The number of thiazole rings is 1. The van der Waals surface area contributed by atoms with Crippen LogP contribution < -0.4 is 4.74 Å². The summed E-state index contributed by atoms with van der Waals surface area (Å²) in [4.78, 5) is 31.3. The minimum Gasteiger partial charge on any atom is -0.486 e. The summed E-state index contributed by atoms with van der Waals surface area (Å²) in [5.41, 5.74) is 1.66. The Bertz CT molecular complexity index is 985. The number of nitrogens with zero attached hydrogens (tertiary/aromatic N) is 2. The van der Waals surface area contributed by atoms with Crippen molar-refractivity contribution in [1.82, 2.24) is 9.88 Å². The van der Waals surface area contributed by atoms with Crippen molar-refractivity contribution < 1.29 is 19.1 Å². The second kappa shape index (κ2) is 9.34. The molecule has 0 aliphatic carbocycles. The highest BCUT2D eigenvalue weighted by Crippen LogP contribution is 2.25. The summed E-state index contributed by atoms with van der Waals surface area (Å²) in [5.74, 6) is -0.563. The quantitative estimate of drug-likeness (QED) is 0.551. The van der Waals surface area contributed by atoms with Gasteiger partial charge in [-0.15, -0.1) is 11.3 Å². The van der Waals surface area contributed by atoms with Gasteiger partial charge in [-0.1, -0.05) is 42.5 Å². The first-order valence-electron chi connectivity index (χ1n) is 9.05. The van der Waals surface area contributed by atoms with Crippen LogP contribution >= 0.6 is 11.3 Å². The molecule has 7 heteroatoms. The Kier molecular flexibility index (Phi) is 6.61. The first-order valence-corrected chi connectivity index (χ1v) is 9.93. The number of aromatic nitrogens is 1. The van der Waals surface area contributed by atoms with Crippen molar-refractivity contribution in [3.8, 4) is 5.75 Å². The number of rotatable bonds is 7. The third kappa shape index (κ3) is 5.20. The van der Waals surface area contributed by atoms with Crippen molar-refractivity contribution in [2.75, 3.05) is 14.1 Å². The van der Waals surface area contributed by atoms with Gasteiger partial charge in [-0.2, -0.15) is 0 Å². The van der Waals surface area contributed by atoms with Gasteiger partial charge in [0.2, 0.25) is 6.10 Å². The zero-order valence-electron chi connectivity index (χ0n) is 16.5. The molecule has 0 unspecified atom stereocenters. The molecule has 0 saturated heterocycles. The maximum Gasteiger partial charge on any atom is 0.343 e. The van der Waals surface area contributed by atoms with E-state index in [4.69, 9.17) is 9.47 Å². The van der Waals surface area contributed by atoms with E-state index in [2.05, 4.69) is 4.98 Å². The van der Waals surface area contributed by atoms with E-state index < -0.39 is 12.1 Å². The number of aryl methyl sites for hydroxylation is 1. The van der Waals surface area contributed by atoms with Crippen LogP contribution in [0.1, 0.15) is 32.7 Å². The molecule has 29 heavy (non-hydrogen) atoms. The molecule has 1 aromatic heterocycles. The van der Waals surface area contributed by atoms with Crippen LogP contribution in [0.4, 0.5) is 0 Å². The molecule has 0 aliphatic heterocycles. The fraction of sp³-hybridized carbons (Fsp3) is 0.227. The number of amides is 1. The minimum atomic E-state index is -1.03. The predicted octanol–water partition coefficient (Wildman–Crippen LogP) is 4.02. The standard InChI is InChI=1S/C22H22N2O4S/c1-15-23-17(14-29-15)13-27-19-12-8-7-11-18(19)22(26)28-20(21(25)24(2)3)16-9-5-4-6-10-16/h4-12,14,20H,13H2,1-3H3/t20-/m0/s1. The Morgan fingerprint density at radius 2 is 1.76 bits per heavy atom. The number of carbonyl (C=O) groups is 2. The molecule has 0 saturated carbocycles. The van der Waals surface area contributed by atoms with Gasteiger partial charge in [0, 0.05) is 25.0 Å². The lowest BCUT2D eigenvalue weighted by Crippen LogP contribution is -2.31. The summed E-state index contributed by atoms with van der Waals surface area (Å²) >= 11 is 1.54. The van der Waals surface area contributed by atoms with Crippen molar-refractivity contribution in [2.45, 2.75) is 19.6 Å². The number of likely N-dealkylation sites (N-methyl/N-ethyl adjacent to an activating group) is 1. The molecule has 2 aromatic carbocycles. The Morgan fingerprint density at radius 3 is 2.41 bits per heavy atom. The summed E-state index contributed by atoms with van der Waals surface area (Å²) in [6.07, 6.45) is -1.03. The number of carbonyl (C=O) groups excluding carboxylic acids is 2. The highest BCUT2D eigenvalue weighted by molar-refractivity contribution is 7.09. The number of hydrogen-bond acceptors (Lipinski definition) is 6. The molecule has 0 aliphatic rings. The van der Waals surface area contributed by atoms with Crippen LogP contribution in [0.25, 0.3) is 0 Å². The normalized spacial score (nSPS) is 11.6. The van der Waals surface area contributed by atoms with Crippen molar-refractivity contribution in [2.24, 2.45) is 0 Å². The Morgan fingerprint density at radius 1 is 1.07 bits per heavy atom. The van der Waals surface area contributed by atoms with E-state index >= 15 is 0 Å². The number of hydrogen-bond donors (Lipinski definition) is 0. The maximum absolute atomic E-state index is 12.9. The summed E-state index contributed by atoms with van der Waals surface area (Å²) in [5, 5.41) is 2.86. The zero-order chi connectivity index (χ0) is 20.8. The summed E-state index contributed by atoms with van der Waals surface area (Å²) in [7, 11) is 3.25. The molecule has 6 nitrogen and oxygen atoms in total. The molecular formula is C22H22N2O4S. The van der Waals surface area contributed by atoms with E-state index in [0.29, 0.717) is 11.3 Å². The summed E-state index contributed by atoms with van der Waals surface area (Å²) in [6.45, 7) is 2.17. The maximum atomic E-state index is 12.9. The predicted molar refractivity (Wildman–Crippen MR) is 111 cm³/mol. The average molecular weight is 410 g/mol. The van der Waals surface area contributed by atoms with Gasteiger partial charge in [-0.3, -0.25) is 4.79 Å². The molecule has 150 valence electrons. The van der Waals surface area contributed by atoms with Crippen molar-refractivity contribution >= 4 is 23.2 Å². The number of benzene rings is 2. The fourth-order valence-corrected chi connectivity index (χ4v) is 3.28. The van der Waals surface area contributed by atoms with Crippen LogP contribution in [0, 0.1) is 6.92 Å². The summed E-state index contributed by atoms with van der Waals surface area (Å²) in [6, 6.07) is 15.8. The Hall–Kier alpha value is -3.19. The second-order valence-corrected chi connectivity index (χ2v) is 7.63. The lowest BCUT2D eigenvalue weighted by atomic mass is 10.1. The highest BCUT2D eigenvalue weighted by atomic mass is 32.1. The van der Waals surface area contributed by atoms with Gasteiger partial charge < -0.3 is 14.4 Å². The van der Waals surface area contributed by atoms with Gasteiger partial charge in [-0.25, -0.2) is 9.78 Å². The Balaban J connectivity index is 1.80. The van der Waals surface area contributed by atoms with E-state index in [1.54, 1.807) is 62.6 Å². The van der Waals surface area contributed by atoms with E-state index in [1.807, 2.05) is 18.4 Å². The largest absolute Gasteiger partial charge is 0.486 e. The minimum absolute atomic E-state index is 0.243. The van der Waals surface area contributed by atoms with Crippen molar-refractivity contribution in [3.63, 3.8) is 0 Å². The number of esters is 1. The van der Waals surface area contributed by atoms with Gasteiger partial charge in [0.15, 0.2) is 0 Å². The molecule has 3 aromatic rings. The van der Waals surface area contributed by atoms with E-state index in [9.17, 15) is 9.59 Å². The molecule has 0 fully saturated rings. The molecular weight excluding hydrogens is 388 g/mol. The van der Waals surface area contributed by atoms with E-state index in [0.717, 1.165) is 10.7 Å².